The molecule has 1 heterocycles. The van der Waals surface area contributed by atoms with Crippen molar-refractivity contribution in [2.75, 3.05) is 19.7 Å². The minimum Gasteiger partial charge on any atom is -0.463 e. The van der Waals surface area contributed by atoms with Crippen LogP contribution in [0.15, 0.2) is 0 Å². The zero-order valence-electron chi connectivity index (χ0n) is 6.45. The predicted molar refractivity (Wildman–Crippen MR) is 38.1 cm³/mol. The monoisotopic (exact) mass is 157 g/mol. The molecule has 0 aliphatic carbocycles. The summed E-state index contributed by atoms with van der Waals surface area (Å²) >= 11 is 0. The Labute approximate surface area is 65.1 Å². The molecule has 0 aromatic carbocycles. The number of nitrogens with zero attached hydrogens (tertiary/aromatic N) is 1. The van der Waals surface area contributed by atoms with Crippen LogP contribution < -0.4 is 0 Å². The van der Waals surface area contributed by atoms with E-state index >= 15 is 0 Å². The van der Waals surface area contributed by atoms with Gasteiger partial charge in [-0.1, -0.05) is 0 Å². The number of hydrogen-bond donors (Lipinski definition) is 0. The van der Waals surface area contributed by atoms with Gasteiger partial charge in [-0.25, -0.2) is 0 Å². The molecule has 0 N–H and O–H groups in total. The van der Waals surface area contributed by atoms with Gasteiger partial charge in [-0.15, -0.1) is 0 Å². The quantitative estimate of drug-likeness (QED) is 0.398. The first-order valence-corrected chi connectivity index (χ1v) is 3.57. The largest absolute Gasteiger partial charge is 0.463 e. The molecule has 0 amide bonds. The lowest BCUT2D eigenvalue weighted by Crippen LogP contribution is -2.46. The Morgan fingerprint density at radius 2 is 2.55 bits per heavy atom. The summed E-state index contributed by atoms with van der Waals surface area (Å²) in [7, 11) is 0. The standard InChI is InChI=1S/C7H11NO3/c1-6-5-11-7(10)4-8(6)2-3-9/h3,6H,2,4-5H2,1H3. The Morgan fingerprint density at radius 1 is 1.82 bits per heavy atom. The van der Waals surface area contributed by atoms with Crippen LogP contribution in [0, 0.1) is 0 Å². The van der Waals surface area contributed by atoms with Gasteiger partial charge >= 0.3 is 5.97 Å². The minimum absolute atomic E-state index is 0.165. The van der Waals surface area contributed by atoms with Crippen LogP contribution in [0.4, 0.5) is 0 Å². The molecule has 1 unspecified atom stereocenters. The second-order valence-corrected chi connectivity index (χ2v) is 2.63. The highest BCUT2D eigenvalue weighted by atomic mass is 16.5. The van der Waals surface area contributed by atoms with Crippen LogP contribution in [0.3, 0.4) is 0 Å². The maximum Gasteiger partial charge on any atom is 0.320 e. The van der Waals surface area contributed by atoms with Crippen LogP contribution in [-0.2, 0) is 14.3 Å². The summed E-state index contributed by atoms with van der Waals surface area (Å²) in [5.41, 5.74) is 0. The van der Waals surface area contributed by atoms with Gasteiger partial charge in [0.1, 0.15) is 12.9 Å². The van der Waals surface area contributed by atoms with Gasteiger partial charge < -0.3 is 9.53 Å². The smallest absolute Gasteiger partial charge is 0.320 e. The summed E-state index contributed by atoms with van der Waals surface area (Å²) < 4.78 is 4.77. The summed E-state index contributed by atoms with van der Waals surface area (Å²) in [6.45, 7) is 2.87. The molecule has 0 aromatic heterocycles. The van der Waals surface area contributed by atoms with Crippen molar-refractivity contribution >= 4 is 12.3 Å². The van der Waals surface area contributed by atoms with E-state index in [4.69, 9.17) is 4.74 Å². The van der Waals surface area contributed by atoms with Crippen molar-refractivity contribution < 1.29 is 14.3 Å². The molecule has 62 valence electrons. The normalized spacial score (nSPS) is 26.3. The molecule has 1 aliphatic rings. The highest BCUT2D eigenvalue weighted by Gasteiger charge is 2.23. The Kier molecular flexibility index (Phi) is 2.59. The molecule has 11 heavy (non-hydrogen) atoms. The van der Waals surface area contributed by atoms with E-state index in [0.717, 1.165) is 6.29 Å². The lowest BCUT2D eigenvalue weighted by atomic mass is 10.2. The summed E-state index contributed by atoms with van der Waals surface area (Å²) in [5, 5.41) is 0. The van der Waals surface area contributed by atoms with Crippen molar-refractivity contribution in [1.82, 2.24) is 4.90 Å². The van der Waals surface area contributed by atoms with Crippen LogP contribution in [0.1, 0.15) is 6.92 Å². The van der Waals surface area contributed by atoms with E-state index in [1.807, 2.05) is 6.92 Å². The molecule has 1 aliphatic heterocycles. The molecule has 0 saturated carbocycles. The number of rotatable bonds is 2. The van der Waals surface area contributed by atoms with Crippen LogP contribution in [0.2, 0.25) is 0 Å². The van der Waals surface area contributed by atoms with Gasteiger partial charge in [-0.2, -0.15) is 0 Å². The van der Waals surface area contributed by atoms with Gasteiger partial charge in [0.2, 0.25) is 0 Å². The van der Waals surface area contributed by atoms with Gasteiger partial charge in [-0.05, 0) is 6.92 Å². The van der Waals surface area contributed by atoms with Gasteiger partial charge in [0.15, 0.2) is 0 Å². The molecule has 0 spiro atoms. The third-order valence-electron chi connectivity index (χ3n) is 1.75. The highest BCUT2D eigenvalue weighted by molar-refractivity contribution is 5.73. The van der Waals surface area contributed by atoms with Gasteiger partial charge in [0, 0.05) is 6.04 Å². The Bertz CT molecular complexity index is 169. The molecule has 1 saturated heterocycles. The molecule has 0 radical (unpaired) electrons. The maximum atomic E-state index is 10.7. The topological polar surface area (TPSA) is 46.6 Å². The first kappa shape index (κ1) is 8.20. The molecule has 0 aromatic rings. The van der Waals surface area contributed by atoms with Crippen molar-refractivity contribution in [3.8, 4) is 0 Å². The molecule has 0 bridgehead atoms. The SMILES string of the molecule is CC1COC(=O)CN1CC=O. The summed E-state index contributed by atoms with van der Waals surface area (Å²) in [6.07, 6.45) is 0.801. The van der Waals surface area contributed by atoms with Crippen LogP contribution in [0.5, 0.6) is 0 Å². The highest BCUT2D eigenvalue weighted by Crippen LogP contribution is 2.04. The fourth-order valence-corrected chi connectivity index (χ4v) is 1.03. The number of cyclic esters (lactones) is 1. The summed E-state index contributed by atoms with van der Waals surface area (Å²) in [4.78, 5) is 22.6. The number of hydrogen-bond acceptors (Lipinski definition) is 4. The van der Waals surface area contributed by atoms with E-state index < -0.39 is 0 Å². The van der Waals surface area contributed by atoms with E-state index in [0.29, 0.717) is 13.2 Å². The van der Waals surface area contributed by atoms with Crippen molar-refractivity contribution in [1.29, 1.82) is 0 Å². The van der Waals surface area contributed by atoms with Gasteiger partial charge in [0.05, 0.1) is 13.1 Å². The Hall–Kier alpha value is -0.900. The summed E-state index contributed by atoms with van der Waals surface area (Å²) in [6, 6.07) is 0.165. The number of morpholine rings is 1. The Balaban J connectivity index is 2.46. The lowest BCUT2D eigenvalue weighted by molar-refractivity contribution is -0.153. The predicted octanol–water partition coefficient (Wildman–Crippen LogP) is -0.567. The van der Waals surface area contributed by atoms with Gasteiger partial charge in [-0.3, -0.25) is 9.69 Å². The van der Waals surface area contributed by atoms with Crippen molar-refractivity contribution in [2.45, 2.75) is 13.0 Å². The number of ether oxygens (including phenoxy) is 1. The van der Waals surface area contributed by atoms with Crippen LogP contribution in [0.25, 0.3) is 0 Å². The maximum absolute atomic E-state index is 10.7. The molecular formula is C7H11NO3. The fourth-order valence-electron chi connectivity index (χ4n) is 1.03. The molecule has 4 heteroatoms. The van der Waals surface area contributed by atoms with Crippen molar-refractivity contribution in [3.05, 3.63) is 0 Å². The van der Waals surface area contributed by atoms with Crippen molar-refractivity contribution in [3.63, 3.8) is 0 Å². The van der Waals surface area contributed by atoms with E-state index in [-0.39, 0.29) is 18.6 Å². The minimum atomic E-state index is -0.245. The average molecular weight is 157 g/mol. The molecular weight excluding hydrogens is 146 g/mol. The second-order valence-electron chi connectivity index (χ2n) is 2.63. The van der Waals surface area contributed by atoms with Gasteiger partial charge in [0.25, 0.3) is 0 Å². The second kappa shape index (κ2) is 3.48. The number of esters is 1. The summed E-state index contributed by atoms with van der Waals surface area (Å²) in [5.74, 6) is -0.245. The first-order valence-electron chi connectivity index (χ1n) is 3.57. The Morgan fingerprint density at radius 3 is 3.18 bits per heavy atom. The van der Waals surface area contributed by atoms with E-state index in [1.54, 1.807) is 4.90 Å². The van der Waals surface area contributed by atoms with Crippen LogP contribution >= 0.6 is 0 Å². The average Bonchev–Trinajstić information content (AvgIpc) is 1.98. The number of carbonyl (C=O) groups excluding carboxylic acids is 2. The first-order chi connectivity index (χ1) is 5.24. The van der Waals surface area contributed by atoms with E-state index in [9.17, 15) is 9.59 Å². The zero-order valence-corrected chi connectivity index (χ0v) is 6.45. The van der Waals surface area contributed by atoms with Crippen LogP contribution in [-0.4, -0.2) is 42.9 Å². The number of aldehydes is 1. The zero-order chi connectivity index (χ0) is 8.27. The van der Waals surface area contributed by atoms with E-state index in [2.05, 4.69) is 0 Å². The molecule has 1 rings (SSSR count). The number of carbonyl (C=O) groups is 2. The molecule has 1 atom stereocenters. The molecule has 1 fully saturated rings. The van der Waals surface area contributed by atoms with Crippen molar-refractivity contribution in [2.24, 2.45) is 0 Å². The van der Waals surface area contributed by atoms with E-state index in [1.165, 1.54) is 0 Å². The lowest BCUT2D eigenvalue weighted by Gasteiger charge is -2.30. The molecule has 4 nitrogen and oxygen atoms in total. The third kappa shape index (κ3) is 2.01. The fraction of sp³-hybridized carbons (Fsp3) is 0.714. The third-order valence-corrected chi connectivity index (χ3v) is 1.75.